The fourth-order valence-electron chi connectivity index (χ4n) is 3.09. The van der Waals surface area contributed by atoms with Crippen molar-refractivity contribution in [2.24, 2.45) is 0 Å². The molecule has 2 aromatic rings. The average Bonchev–Trinajstić information content (AvgIpc) is 3.08. The molecule has 25 heavy (non-hydrogen) atoms. The molecule has 1 aromatic heterocycles. The Hall–Kier alpha value is -2.54. The van der Waals surface area contributed by atoms with E-state index < -0.39 is 0 Å². The number of ether oxygens (including phenoxy) is 1. The highest BCUT2D eigenvalue weighted by atomic mass is 16.5. The molecule has 0 radical (unpaired) electrons. The maximum absolute atomic E-state index is 11.8. The first kappa shape index (κ1) is 17.3. The van der Waals surface area contributed by atoms with Gasteiger partial charge in [0.15, 0.2) is 0 Å². The molecule has 1 N–H and O–H groups in total. The molecule has 0 bridgehead atoms. The average molecular weight is 343 g/mol. The number of rotatable bonds is 5. The van der Waals surface area contributed by atoms with Crippen LogP contribution in [0.25, 0.3) is 0 Å². The van der Waals surface area contributed by atoms with Gasteiger partial charge in [-0.05, 0) is 23.8 Å². The van der Waals surface area contributed by atoms with Crippen molar-refractivity contribution in [2.75, 3.05) is 34.3 Å². The predicted molar refractivity (Wildman–Crippen MR) is 95.5 cm³/mol. The van der Waals surface area contributed by atoms with Gasteiger partial charge in [0.2, 0.25) is 0 Å². The SMILES string of the molecule is COc1ccc(CN2Cc3ccnn3[C@H](CNC(=O)N(C)C)C2)cc1. The summed E-state index contributed by atoms with van der Waals surface area (Å²) in [6, 6.07) is 10.2. The van der Waals surface area contributed by atoms with Crippen LogP contribution in [-0.2, 0) is 13.1 Å². The van der Waals surface area contributed by atoms with Gasteiger partial charge >= 0.3 is 6.03 Å². The highest BCUT2D eigenvalue weighted by Crippen LogP contribution is 2.22. The van der Waals surface area contributed by atoms with E-state index in [1.165, 1.54) is 11.3 Å². The van der Waals surface area contributed by atoms with Crippen molar-refractivity contribution >= 4 is 6.03 Å². The first-order valence-electron chi connectivity index (χ1n) is 8.39. The Morgan fingerprint density at radius 3 is 2.76 bits per heavy atom. The van der Waals surface area contributed by atoms with E-state index >= 15 is 0 Å². The number of aromatic nitrogens is 2. The van der Waals surface area contributed by atoms with Gasteiger partial charge in [-0.3, -0.25) is 9.58 Å². The van der Waals surface area contributed by atoms with Crippen LogP contribution in [-0.4, -0.2) is 59.9 Å². The maximum Gasteiger partial charge on any atom is 0.316 e. The molecule has 3 rings (SSSR count). The first-order valence-corrected chi connectivity index (χ1v) is 8.39. The molecule has 7 nitrogen and oxygen atoms in total. The summed E-state index contributed by atoms with van der Waals surface area (Å²) in [6.07, 6.45) is 1.83. The van der Waals surface area contributed by atoms with Crippen LogP contribution in [0.2, 0.25) is 0 Å². The number of methoxy groups -OCH3 is 1. The van der Waals surface area contributed by atoms with Crippen LogP contribution in [0.15, 0.2) is 36.5 Å². The lowest BCUT2D eigenvalue weighted by atomic mass is 10.1. The van der Waals surface area contributed by atoms with E-state index in [1.54, 1.807) is 26.1 Å². The zero-order valence-electron chi connectivity index (χ0n) is 15.0. The lowest BCUT2D eigenvalue weighted by Crippen LogP contribution is -2.44. The minimum absolute atomic E-state index is 0.0824. The molecular formula is C18H25N5O2. The molecule has 0 aliphatic carbocycles. The smallest absolute Gasteiger partial charge is 0.316 e. The number of amides is 2. The second-order valence-electron chi connectivity index (χ2n) is 6.52. The summed E-state index contributed by atoms with van der Waals surface area (Å²) >= 11 is 0. The normalized spacial score (nSPS) is 17.0. The van der Waals surface area contributed by atoms with Gasteiger partial charge in [-0.15, -0.1) is 0 Å². The summed E-state index contributed by atoms with van der Waals surface area (Å²) in [5.41, 5.74) is 2.41. The van der Waals surface area contributed by atoms with Gasteiger partial charge in [-0.2, -0.15) is 5.10 Å². The highest BCUT2D eigenvalue weighted by Gasteiger charge is 2.26. The maximum atomic E-state index is 11.8. The summed E-state index contributed by atoms with van der Waals surface area (Å²) in [6.45, 7) is 3.11. The zero-order valence-corrected chi connectivity index (χ0v) is 15.0. The molecule has 2 amide bonds. The van der Waals surface area contributed by atoms with Gasteiger partial charge in [0.05, 0.1) is 18.8 Å². The summed E-state index contributed by atoms with van der Waals surface area (Å²) in [5, 5.41) is 7.40. The second-order valence-corrected chi connectivity index (χ2v) is 6.52. The van der Waals surface area contributed by atoms with Crippen molar-refractivity contribution in [3.63, 3.8) is 0 Å². The summed E-state index contributed by atoms with van der Waals surface area (Å²) in [7, 11) is 5.16. The predicted octanol–water partition coefficient (Wildman–Crippen LogP) is 1.72. The van der Waals surface area contributed by atoms with Crippen LogP contribution in [0, 0.1) is 0 Å². The van der Waals surface area contributed by atoms with Crippen LogP contribution in [0.4, 0.5) is 4.79 Å². The van der Waals surface area contributed by atoms with Gasteiger partial charge in [-0.1, -0.05) is 12.1 Å². The number of benzene rings is 1. The third-order valence-electron chi connectivity index (χ3n) is 4.41. The Kier molecular flexibility index (Phi) is 5.23. The van der Waals surface area contributed by atoms with Gasteiger partial charge in [0, 0.05) is 46.5 Å². The van der Waals surface area contributed by atoms with Crippen LogP contribution in [0.5, 0.6) is 5.75 Å². The third-order valence-corrected chi connectivity index (χ3v) is 4.41. The molecule has 0 spiro atoms. The number of fused-ring (bicyclic) bond motifs is 1. The van der Waals surface area contributed by atoms with Gasteiger partial charge in [-0.25, -0.2) is 4.79 Å². The number of carbonyl (C=O) groups excluding carboxylic acids is 1. The molecule has 134 valence electrons. The van der Waals surface area contributed by atoms with Crippen molar-refractivity contribution in [2.45, 2.75) is 19.1 Å². The number of nitrogens with one attached hydrogen (secondary N) is 1. The largest absolute Gasteiger partial charge is 0.497 e. The fraction of sp³-hybridized carbons (Fsp3) is 0.444. The summed E-state index contributed by atoms with van der Waals surface area (Å²) < 4.78 is 7.24. The zero-order chi connectivity index (χ0) is 17.8. The van der Waals surface area contributed by atoms with Crippen molar-refractivity contribution in [3.05, 3.63) is 47.8 Å². The van der Waals surface area contributed by atoms with Gasteiger partial charge in [0.25, 0.3) is 0 Å². The van der Waals surface area contributed by atoms with Crippen molar-refractivity contribution in [1.29, 1.82) is 0 Å². The number of hydrogen-bond acceptors (Lipinski definition) is 4. The second kappa shape index (κ2) is 7.57. The van der Waals surface area contributed by atoms with Crippen LogP contribution < -0.4 is 10.1 Å². The first-order chi connectivity index (χ1) is 12.1. The third kappa shape index (κ3) is 4.11. The quantitative estimate of drug-likeness (QED) is 0.898. The number of urea groups is 1. The van der Waals surface area contributed by atoms with Gasteiger partial charge in [0.1, 0.15) is 5.75 Å². The Labute approximate surface area is 148 Å². The van der Waals surface area contributed by atoms with Gasteiger partial charge < -0.3 is 15.0 Å². The molecule has 0 unspecified atom stereocenters. The molecule has 1 aliphatic heterocycles. The van der Waals surface area contributed by atoms with E-state index in [0.29, 0.717) is 6.54 Å². The molecule has 2 heterocycles. The van der Waals surface area contributed by atoms with Crippen LogP contribution in [0.3, 0.4) is 0 Å². The lowest BCUT2D eigenvalue weighted by Gasteiger charge is -2.34. The standard InChI is InChI=1S/C18H25N5O2/c1-21(2)18(24)19-10-16-13-22(12-15-8-9-20-23(15)16)11-14-4-6-17(25-3)7-5-14/h4-9,16H,10-13H2,1-3H3,(H,19,24)/t16-/m1/s1. The van der Waals surface area contributed by atoms with E-state index in [0.717, 1.165) is 25.4 Å². The van der Waals surface area contributed by atoms with E-state index in [-0.39, 0.29) is 12.1 Å². The van der Waals surface area contributed by atoms with Crippen molar-refractivity contribution in [1.82, 2.24) is 24.9 Å². The van der Waals surface area contributed by atoms with Crippen LogP contribution >= 0.6 is 0 Å². The fourth-order valence-corrected chi connectivity index (χ4v) is 3.09. The molecule has 7 heteroatoms. The van der Waals surface area contributed by atoms with E-state index in [9.17, 15) is 4.79 Å². The minimum atomic E-state index is -0.0824. The van der Waals surface area contributed by atoms with Crippen molar-refractivity contribution in [3.8, 4) is 5.75 Å². The van der Waals surface area contributed by atoms with Crippen LogP contribution in [0.1, 0.15) is 17.3 Å². The molecule has 0 saturated carbocycles. The molecular weight excluding hydrogens is 318 g/mol. The topological polar surface area (TPSA) is 62.6 Å². The highest BCUT2D eigenvalue weighted by molar-refractivity contribution is 5.73. The van der Waals surface area contributed by atoms with E-state index in [2.05, 4.69) is 27.4 Å². The summed E-state index contributed by atoms with van der Waals surface area (Å²) in [5.74, 6) is 0.866. The Balaban J connectivity index is 1.67. The Bertz CT molecular complexity index is 711. The number of nitrogens with zero attached hydrogens (tertiary/aromatic N) is 4. The molecule has 0 saturated heterocycles. The van der Waals surface area contributed by atoms with E-state index in [4.69, 9.17) is 4.74 Å². The molecule has 1 atom stereocenters. The molecule has 1 aromatic carbocycles. The number of carbonyl (C=O) groups is 1. The van der Waals surface area contributed by atoms with E-state index in [1.807, 2.05) is 29.1 Å². The monoisotopic (exact) mass is 343 g/mol. The lowest BCUT2D eigenvalue weighted by molar-refractivity contribution is 0.162. The molecule has 0 fully saturated rings. The Morgan fingerprint density at radius 1 is 1.32 bits per heavy atom. The Morgan fingerprint density at radius 2 is 2.08 bits per heavy atom. The molecule has 1 aliphatic rings. The number of hydrogen-bond donors (Lipinski definition) is 1. The summed E-state index contributed by atoms with van der Waals surface area (Å²) in [4.78, 5) is 15.8. The van der Waals surface area contributed by atoms with Crippen molar-refractivity contribution < 1.29 is 9.53 Å². The minimum Gasteiger partial charge on any atom is -0.497 e.